The van der Waals surface area contributed by atoms with Gasteiger partial charge in [-0.2, -0.15) is 4.72 Å². The van der Waals surface area contributed by atoms with Crippen molar-refractivity contribution < 1.29 is 8.42 Å². The van der Waals surface area contributed by atoms with Gasteiger partial charge in [-0.1, -0.05) is 36.4 Å². The zero-order valence-corrected chi connectivity index (χ0v) is 17.8. The summed E-state index contributed by atoms with van der Waals surface area (Å²) >= 11 is 0. The maximum atomic E-state index is 13.5. The van der Waals surface area contributed by atoms with Gasteiger partial charge in [-0.3, -0.25) is 4.98 Å². The SMILES string of the molecule is Cc1c(C)c(C)c(S(=O)(=O)NC(c2ccccc2)c2ccccn2)c(C)c1C. The summed E-state index contributed by atoms with van der Waals surface area (Å²) < 4.78 is 29.9. The minimum absolute atomic E-state index is 0.366. The highest BCUT2D eigenvalue weighted by Gasteiger charge is 2.28. The molecule has 0 aliphatic carbocycles. The van der Waals surface area contributed by atoms with Gasteiger partial charge >= 0.3 is 0 Å². The highest BCUT2D eigenvalue weighted by atomic mass is 32.2. The Kier molecular flexibility index (Phi) is 5.68. The molecule has 1 atom stereocenters. The fourth-order valence-corrected chi connectivity index (χ4v) is 5.37. The number of hydrogen-bond acceptors (Lipinski definition) is 3. The van der Waals surface area contributed by atoms with Crippen LogP contribution < -0.4 is 4.72 Å². The van der Waals surface area contributed by atoms with E-state index >= 15 is 0 Å². The molecular weight excluding hydrogens is 368 g/mol. The van der Waals surface area contributed by atoms with Crippen molar-refractivity contribution in [2.75, 3.05) is 0 Å². The monoisotopic (exact) mass is 394 g/mol. The summed E-state index contributed by atoms with van der Waals surface area (Å²) in [6.07, 6.45) is 1.68. The van der Waals surface area contributed by atoms with Crippen molar-refractivity contribution in [2.45, 2.75) is 45.6 Å². The summed E-state index contributed by atoms with van der Waals surface area (Å²) in [6, 6.07) is 14.5. The average Bonchev–Trinajstić information content (AvgIpc) is 2.70. The van der Waals surface area contributed by atoms with Crippen LogP contribution >= 0.6 is 0 Å². The lowest BCUT2D eigenvalue weighted by Crippen LogP contribution is -2.31. The Bertz CT molecular complexity index is 1020. The molecule has 1 aromatic heterocycles. The number of sulfonamides is 1. The van der Waals surface area contributed by atoms with Crippen molar-refractivity contribution in [1.29, 1.82) is 0 Å². The van der Waals surface area contributed by atoms with Crippen LogP contribution in [0.1, 0.15) is 45.1 Å². The molecule has 2 aromatic carbocycles. The van der Waals surface area contributed by atoms with E-state index in [0.717, 1.165) is 33.4 Å². The highest BCUT2D eigenvalue weighted by molar-refractivity contribution is 7.89. The van der Waals surface area contributed by atoms with Crippen LogP contribution in [0.4, 0.5) is 0 Å². The molecule has 0 saturated heterocycles. The molecule has 1 heterocycles. The van der Waals surface area contributed by atoms with Crippen LogP contribution in [0.25, 0.3) is 0 Å². The summed E-state index contributed by atoms with van der Waals surface area (Å²) in [4.78, 5) is 4.77. The minimum atomic E-state index is -3.77. The van der Waals surface area contributed by atoms with E-state index in [1.807, 2.05) is 83.1 Å². The first-order valence-electron chi connectivity index (χ1n) is 9.29. The number of benzene rings is 2. The third-order valence-electron chi connectivity index (χ3n) is 5.59. The predicted molar refractivity (Wildman–Crippen MR) is 113 cm³/mol. The van der Waals surface area contributed by atoms with Gasteiger partial charge < -0.3 is 0 Å². The van der Waals surface area contributed by atoms with Crippen LogP contribution in [0.3, 0.4) is 0 Å². The Morgan fingerprint density at radius 3 is 1.82 bits per heavy atom. The smallest absolute Gasteiger partial charge is 0.242 e. The molecule has 3 rings (SSSR count). The lowest BCUT2D eigenvalue weighted by molar-refractivity contribution is 0.568. The van der Waals surface area contributed by atoms with Gasteiger partial charge in [-0.15, -0.1) is 0 Å². The molecule has 0 amide bonds. The average molecular weight is 395 g/mol. The first-order valence-corrected chi connectivity index (χ1v) is 10.8. The quantitative estimate of drug-likeness (QED) is 0.683. The summed E-state index contributed by atoms with van der Waals surface area (Å²) in [5, 5.41) is 0. The van der Waals surface area contributed by atoms with Gasteiger partial charge in [0.25, 0.3) is 0 Å². The van der Waals surface area contributed by atoms with Crippen LogP contribution in [0.2, 0.25) is 0 Å². The molecule has 0 radical (unpaired) electrons. The molecule has 5 heteroatoms. The van der Waals surface area contributed by atoms with E-state index in [2.05, 4.69) is 9.71 Å². The summed E-state index contributed by atoms with van der Waals surface area (Å²) in [5.41, 5.74) is 6.25. The van der Waals surface area contributed by atoms with E-state index < -0.39 is 16.1 Å². The van der Waals surface area contributed by atoms with Gasteiger partial charge in [-0.25, -0.2) is 8.42 Å². The number of aromatic nitrogens is 1. The Morgan fingerprint density at radius 1 is 0.750 bits per heavy atom. The van der Waals surface area contributed by atoms with Gasteiger partial charge in [0.05, 0.1) is 16.6 Å². The fourth-order valence-electron chi connectivity index (χ4n) is 3.57. The van der Waals surface area contributed by atoms with Gasteiger partial charge in [0.1, 0.15) is 0 Å². The number of rotatable bonds is 5. The standard InChI is InChI=1S/C23H26N2O2S/c1-15-16(2)18(4)23(19(5)17(15)3)28(26,27)25-22(20-11-7-6-8-12-20)21-13-9-10-14-24-21/h6-14,22,25H,1-5H3. The lowest BCUT2D eigenvalue weighted by Gasteiger charge is -2.23. The second-order valence-corrected chi connectivity index (χ2v) is 8.82. The molecule has 4 nitrogen and oxygen atoms in total. The fraction of sp³-hybridized carbons (Fsp3) is 0.261. The zero-order valence-electron chi connectivity index (χ0n) is 16.9. The molecule has 3 aromatic rings. The molecule has 1 unspecified atom stereocenters. The highest BCUT2D eigenvalue weighted by Crippen LogP contribution is 2.31. The molecule has 0 bridgehead atoms. The van der Waals surface area contributed by atoms with Crippen molar-refractivity contribution in [1.82, 2.24) is 9.71 Å². The van der Waals surface area contributed by atoms with Gasteiger partial charge in [0, 0.05) is 6.20 Å². The van der Waals surface area contributed by atoms with Gasteiger partial charge in [0.2, 0.25) is 10.0 Å². The molecule has 28 heavy (non-hydrogen) atoms. The first-order chi connectivity index (χ1) is 13.2. The third kappa shape index (κ3) is 3.73. The number of nitrogens with zero attached hydrogens (tertiary/aromatic N) is 1. The molecule has 0 aliphatic rings. The number of hydrogen-bond donors (Lipinski definition) is 1. The second kappa shape index (κ2) is 7.86. The number of pyridine rings is 1. The third-order valence-corrected chi connectivity index (χ3v) is 7.29. The predicted octanol–water partition coefficient (Wildman–Crippen LogP) is 4.69. The van der Waals surface area contributed by atoms with E-state index in [4.69, 9.17) is 0 Å². The molecule has 0 spiro atoms. The molecule has 0 saturated carbocycles. The Morgan fingerprint density at radius 2 is 1.29 bits per heavy atom. The Balaban J connectivity index is 2.14. The molecule has 146 valence electrons. The van der Waals surface area contributed by atoms with Crippen LogP contribution in [0, 0.1) is 34.6 Å². The van der Waals surface area contributed by atoms with E-state index in [9.17, 15) is 8.42 Å². The van der Waals surface area contributed by atoms with Crippen LogP contribution in [-0.2, 0) is 10.0 Å². The summed E-state index contributed by atoms with van der Waals surface area (Å²) in [6.45, 7) is 9.74. The van der Waals surface area contributed by atoms with Crippen molar-refractivity contribution in [2.24, 2.45) is 0 Å². The number of nitrogens with one attached hydrogen (secondary N) is 1. The minimum Gasteiger partial charge on any atom is -0.259 e. The van der Waals surface area contributed by atoms with Crippen molar-refractivity contribution in [3.05, 3.63) is 93.8 Å². The van der Waals surface area contributed by atoms with Crippen LogP contribution in [-0.4, -0.2) is 13.4 Å². The normalized spacial score (nSPS) is 12.8. The topological polar surface area (TPSA) is 59.1 Å². The van der Waals surface area contributed by atoms with Crippen molar-refractivity contribution in [3.63, 3.8) is 0 Å². The lowest BCUT2D eigenvalue weighted by atomic mass is 9.95. The molecular formula is C23H26N2O2S. The van der Waals surface area contributed by atoms with Crippen molar-refractivity contribution >= 4 is 10.0 Å². The van der Waals surface area contributed by atoms with Gasteiger partial charge in [0.15, 0.2) is 0 Å². The van der Waals surface area contributed by atoms with Crippen LogP contribution in [0.5, 0.6) is 0 Å². The maximum absolute atomic E-state index is 13.5. The second-order valence-electron chi connectivity index (χ2n) is 7.17. The molecule has 1 N–H and O–H groups in total. The molecule has 0 aliphatic heterocycles. The summed E-state index contributed by atoms with van der Waals surface area (Å²) in [5.74, 6) is 0. The van der Waals surface area contributed by atoms with E-state index in [1.165, 1.54) is 0 Å². The zero-order chi connectivity index (χ0) is 20.5. The Labute approximate surface area is 167 Å². The van der Waals surface area contributed by atoms with E-state index in [0.29, 0.717) is 10.6 Å². The van der Waals surface area contributed by atoms with E-state index in [1.54, 1.807) is 6.20 Å². The van der Waals surface area contributed by atoms with E-state index in [-0.39, 0.29) is 0 Å². The first kappa shape index (κ1) is 20.2. The molecule has 0 fully saturated rings. The van der Waals surface area contributed by atoms with Gasteiger partial charge in [-0.05, 0) is 80.1 Å². The maximum Gasteiger partial charge on any atom is 0.242 e. The van der Waals surface area contributed by atoms with Crippen LogP contribution in [0.15, 0.2) is 59.6 Å². The Hall–Kier alpha value is -2.50. The summed E-state index contributed by atoms with van der Waals surface area (Å²) in [7, 11) is -3.77. The largest absolute Gasteiger partial charge is 0.259 e. The van der Waals surface area contributed by atoms with Crippen molar-refractivity contribution in [3.8, 4) is 0 Å².